The Morgan fingerprint density at radius 1 is 1.18 bits per heavy atom. The van der Waals surface area contributed by atoms with Crippen molar-refractivity contribution in [3.05, 3.63) is 48.8 Å². The highest BCUT2D eigenvalue weighted by molar-refractivity contribution is 5.89. The first-order valence-electron chi connectivity index (χ1n) is 5.29. The van der Waals surface area contributed by atoms with Gasteiger partial charge in [0.05, 0.1) is 0 Å². The molecule has 2 rings (SSSR count). The van der Waals surface area contributed by atoms with Crippen molar-refractivity contribution in [1.82, 2.24) is 10.3 Å². The van der Waals surface area contributed by atoms with E-state index in [1.54, 1.807) is 19.4 Å². The molecule has 2 amide bonds. The van der Waals surface area contributed by atoms with Crippen LogP contribution in [0.5, 0.6) is 0 Å². The fraction of sp³-hybridized carbons (Fsp3) is 0.0769. The maximum Gasteiger partial charge on any atom is 0.318 e. The van der Waals surface area contributed by atoms with Crippen molar-refractivity contribution >= 4 is 11.7 Å². The molecule has 17 heavy (non-hydrogen) atoms. The third-order valence-corrected chi connectivity index (χ3v) is 2.34. The molecular weight excluding hydrogens is 214 g/mol. The van der Waals surface area contributed by atoms with E-state index < -0.39 is 0 Å². The minimum absolute atomic E-state index is 0.228. The van der Waals surface area contributed by atoms with Crippen LogP contribution in [-0.4, -0.2) is 18.1 Å². The molecule has 0 atom stereocenters. The van der Waals surface area contributed by atoms with Gasteiger partial charge in [0.15, 0.2) is 0 Å². The van der Waals surface area contributed by atoms with Crippen LogP contribution in [-0.2, 0) is 0 Å². The van der Waals surface area contributed by atoms with E-state index in [0.29, 0.717) is 0 Å². The smallest absolute Gasteiger partial charge is 0.318 e. The summed E-state index contributed by atoms with van der Waals surface area (Å²) in [5, 5.41) is 5.24. The first-order chi connectivity index (χ1) is 8.29. The van der Waals surface area contributed by atoms with Crippen molar-refractivity contribution in [3.63, 3.8) is 0 Å². The van der Waals surface area contributed by atoms with E-state index >= 15 is 0 Å². The maximum absolute atomic E-state index is 11.2. The van der Waals surface area contributed by atoms with Crippen LogP contribution in [0, 0.1) is 0 Å². The first-order valence-corrected chi connectivity index (χ1v) is 5.29. The summed E-state index contributed by atoms with van der Waals surface area (Å²) in [6, 6.07) is 11.3. The number of benzene rings is 1. The summed E-state index contributed by atoms with van der Waals surface area (Å²) in [6.07, 6.45) is 3.52. The lowest BCUT2D eigenvalue weighted by molar-refractivity contribution is 0.254. The van der Waals surface area contributed by atoms with Crippen LogP contribution in [0.2, 0.25) is 0 Å². The fourth-order valence-electron chi connectivity index (χ4n) is 1.50. The molecule has 0 aliphatic heterocycles. The molecule has 0 bridgehead atoms. The molecule has 1 heterocycles. The lowest BCUT2D eigenvalue weighted by Gasteiger charge is -2.06. The van der Waals surface area contributed by atoms with Gasteiger partial charge in [-0.2, -0.15) is 0 Å². The largest absolute Gasteiger partial charge is 0.341 e. The average molecular weight is 227 g/mol. The number of hydrogen-bond acceptors (Lipinski definition) is 2. The summed E-state index contributed by atoms with van der Waals surface area (Å²) in [7, 11) is 1.58. The third-order valence-electron chi connectivity index (χ3n) is 2.34. The van der Waals surface area contributed by atoms with Crippen molar-refractivity contribution in [2.45, 2.75) is 0 Å². The molecule has 0 aliphatic rings. The zero-order chi connectivity index (χ0) is 12.1. The van der Waals surface area contributed by atoms with E-state index in [1.807, 2.05) is 36.4 Å². The molecule has 86 valence electrons. The molecule has 4 heteroatoms. The Morgan fingerprint density at radius 2 is 2.00 bits per heavy atom. The standard InChI is InChI=1S/C13H13N3O/c1-14-13(17)16-12-6-2-4-10(8-12)11-5-3-7-15-9-11/h2-9H,1H3,(H2,14,16,17). The normalized spacial score (nSPS) is 9.71. The zero-order valence-corrected chi connectivity index (χ0v) is 9.47. The number of urea groups is 1. The fourth-order valence-corrected chi connectivity index (χ4v) is 1.50. The van der Waals surface area contributed by atoms with Gasteiger partial charge in [-0.3, -0.25) is 4.98 Å². The monoisotopic (exact) mass is 227 g/mol. The molecule has 0 aliphatic carbocycles. The molecular formula is C13H13N3O. The van der Waals surface area contributed by atoms with E-state index in [2.05, 4.69) is 15.6 Å². The maximum atomic E-state index is 11.2. The summed E-state index contributed by atoms with van der Waals surface area (Å²) < 4.78 is 0. The molecule has 0 saturated carbocycles. The van der Waals surface area contributed by atoms with Gasteiger partial charge in [-0.1, -0.05) is 18.2 Å². The van der Waals surface area contributed by atoms with Crippen molar-refractivity contribution in [3.8, 4) is 11.1 Å². The Hall–Kier alpha value is -2.36. The lowest BCUT2D eigenvalue weighted by Crippen LogP contribution is -2.24. The number of nitrogens with zero attached hydrogens (tertiary/aromatic N) is 1. The van der Waals surface area contributed by atoms with Crippen LogP contribution in [0.15, 0.2) is 48.8 Å². The van der Waals surface area contributed by atoms with Crippen molar-refractivity contribution < 1.29 is 4.79 Å². The molecule has 1 aromatic carbocycles. The third kappa shape index (κ3) is 2.81. The van der Waals surface area contributed by atoms with Gasteiger partial charge in [0.2, 0.25) is 0 Å². The van der Waals surface area contributed by atoms with Crippen LogP contribution in [0.4, 0.5) is 10.5 Å². The second kappa shape index (κ2) is 5.12. The molecule has 0 radical (unpaired) electrons. The van der Waals surface area contributed by atoms with Gasteiger partial charge >= 0.3 is 6.03 Å². The Labute approximate surface area is 99.7 Å². The zero-order valence-electron chi connectivity index (χ0n) is 9.47. The highest BCUT2D eigenvalue weighted by atomic mass is 16.2. The molecule has 0 spiro atoms. The van der Waals surface area contributed by atoms with Gasteiger partial charge < -0.3 is 10.6 Å². The van der Waals surface area contributed by atoms with Crippen LogP contribution in [0.1, 0.15) is 0 Å². The second-order valence-electron chi connectivity index (χ2n) is 3.53. The first kappa shape index (κ1) is 11.1. The van der Waals surface area contributed by atoms with Crippen LogP contribution < -0.4 is 10.6 Å². The number of anilines is 1. The summed E-state index contributed by atoms with van der Waals surface area (Å²) in [5.41, 5.74) is 2.80. The number of carbonyl (C=O) groups is 1. The highest BCUT2D eigenvalue weighted by Crippen LogP contribution is 2.21. The summed E-state index contributed by atoms with van der Waals surface area (Å²) in [6.45, 7) is 0. The van der Waals surface area contributed by atoms with Crippen LogP contribution in [0.3, 0.4) is 0 Å². The Morgan fingerprint density at radius 3 is 2.71 bits per heavy atom. The van der Waals surface area contributed by atoms with Gasteiger partial charge in [-0.05, 0) is 23.8 Å². The number of pyridine rings is 1. The van der Waals surface area contributed by atoms with Crippen LogP contribution in [0.25, 0.3) is 11.1 Å². The van der Waals surface area contributed by atoms with E-state index in [-0.39, 0.29) is 6.03 Å². The number of nitrogens with one attached hydrogen (secondary N) is 2. The molecule has 1 aromatic heterocycles. The quantitative estimate of drug-likeness (QED) is 0.828. The minimum Gasteiger partial charge on any atom is -0.341 e. The summed E-state index contributed by atoms with van der Waals surface area (Å²) in [4.78, 5) is 15.3. The van der Waals surface area contributed by atoms with Crippen LogP contribution >= 0.6 is 0 Å². The SMILES string of the molecule is CNC(=O)Nc1cccc(-c2cccnc2)c1. The molecule has 2 aromatic rings. The van der Waals surface area contributed by atoms with Crippen molar-refractivity contribution in [2.75, 3.05) is 12.4 Å². The second-order valence-corrected chi connectivity index (χ2v) is 3.53. The molecule has 0 unspecified atom stereocenters. The Kier molecular flexibility index (Phi) is 3.35. The molecule has 0 fully saturated rings. The predicted octanol–water partition coefficient (Wildman–Crippen LogP) is 2.50. The van der Waals surface area contributed by atoms with Crippen molar-refractivity contribution in [1.29, 1.82) is 0 Å². The highest BCUT2D eigenvalue weighted by Gasteiger charge is 2.01. The lowest BCUT2D eigenvalue weighted by atomic mass is 10.1. The van der Waals surface area contributed by atoms with Gasteiger partial charge in [0.1, 0.15) is 0 Å². The van der Waals surface area contributed by atoms with E-state index in [1.165, 1.54) is 0 Å². The van der Waals surface area contributed by atoms with E-state index in [4.69, 9.17) is 0 Å². The van der Waals surface area contributed by atoms with Gasteiger partial charge in [0.25, 0.3) is 0 Å². The molecule has 0 saturated heterocycles. The van der Waals surface area contributed by atoms with Gasteiger partial charge in [0, 0.05) is 30.7 Å². The van der Waals surface area contributed by atoms with E-state index in [9.17, 15) is 4.79 Å². The molecule has 4 nitrogen and oxygen atoms in total. The summed E-state index contributed by atoms with van der Waals surface area (Å²) >= 11 is 0. The van der Waals surface area contributed by atoms with Gasteiger partial charge in [-0.15, -0.1) is 0 Å². The number of rotatable bonds is 2. The Balaban J connectivity index is 2.26. The molecule has 2 N–H and O–H groups in total. The number of carbonyl (C=O) groups excluding carboxylic acids is 1. The van der Waals surface area contributed by atoms with Gasteiger partial charge in [-0.25, -0.2) is 4.79 Å². The Bertz CT molecular complexity index is 511. The number of hydrogen-bond donors (Lipinski definition) is 2. The number of amides is 2. The van der Waals surface area contributed by atoms with E-state index in [0.717, 1.165) is 16.8 Å². The topological polar surface area (TPSA) is 54.0 Å². The predicted molar refractivity (Wildman–Crippen MR) is 67.8 cm³/mol. The summed E-state index contributed by atoms with van der Waals surface area (Å²) in [5.74, 6) is 0. The van der Waals surface area contributed by atoms with Crippen molar-refractivity contribution in [2.24, 2.45) is 0 Å². The number of aromatic nitrogens is 1. The minimum atomic E-state index is -0.228. The average Bonchev–Trinajstić information content (AvgIpc) is 2.40.